The number of nitrogens with zero attached hydrogens (tertiary/aromatic N) is 4. The molecule has 2 heterocycles. The third kappa shape index (κ3) is 1.56. The van der Waals surface area contributed by atoms with Crippen LogP contribution >= 0.6 is 11.6 Å². The standard InChI is InChI=1S/C8H10ClN5/c1-5(10)2-14-4-13-6-7(9)11-3-12-8(6)14/h3-5H,2,10H2,1H3/t5-/m0/s1. The summed E-state index contributed by atoms with van der Waals surface area (Å²) in [4.78, 5) is 12.1. The van der Waals surface area contributed by atoms with Gasteiger partial charge in [0, 0.05) is 12.6 Å². The van der Waals surface area contributed by atoms with Gasteiger partial charge in [0.2, 0.25) is 0 Å². The highest BCUT2D eigenvalue weighted by Gasteiger charge is 2.08. The minimum atomic E-state index is 0.0566. The van der Waals surface area contributed by atoms with Crippen molar-refractivity contribution < 1.29 is 0 Å². The van der Waals surface area contributed by atoms with Crippen molar-refractivity contribution in [2.75, 3.05) is 0 Å². The molecule has 0 aromatic carbocycles. The predicted molar refractivity (Wildman–Crippen MR) is 54.0 cm³/mol. The van der Waals surface area contributed by atoms with Crippen LogP contribution in [0, 0.1) is 0 Å². The van der Waals surface area contributed by atoms with E-state index in [1.807, 2.05) is 11.5 Å². The molecular formula is C8H10ClN5. The molecule has 0 radical (unpaired) electrons. The first kappa shape index (κ1) is 9.36. The Kier molecular flexibility index (Phi) is 2.35. The third-order valence-electron chi connectivity index (χ3n) is 1.84. The zero-order valence-electron chi connectivity index (χ0n) is 7.68. The molecule has 6 heteroatoms. The number of fused-ring (bicyclic) bond motifs is 1. The molecule has 0 amide bonds. The summed E-state index contributed by atoms with van der Waals surface area (Å²) in [5.74, 6) is 0. The molecule has 5 nitrogen and oxygen atoms in total. The van der Waals surface area contributed by atoms with E-state index in [0.29, 0.717) is 17.2 Å². The van der Waals surface area contributed by atoms with Crippen LogP contribution in [0.2, 0.25) is 5.15 Å². The van der Waals surface area contributed by atoms with E-state index in [1.54, 1.807) is 6.33 Å². The minimum Gasteiger partial charge on any atom is -0.326 e. The van der Waals surface area contributed by atoms with Gasteiger partial charge in [0.25, 0.3) is 0 Å². The quantitative estimate of drug-likeness (QED) is 0.747. The number of hydrogen-bond acceptors (Lipinski definition) is 4. The second-order valence-electron chi connectivity index (χ2n) is 3.21. The Hall–Kier alpha value is -1.20. The van der Waals surface area contributed by atoms with Crippen LogP contribution < -0.4 is 5.73 Å². The molecule has 0 saturated heterocycles. The molecule has 2 rings (SSSR count). The SMILES string of the molecule is C[C@H](N)Cn1cnc2c(Cl)ncnc21. The maximum absolute atomic E-state index is 5.85. The van der Waals surface area contributed by atoms with Crippen molar-refractivity contribution in [3.05, 3.63) is 17.8 Å². The van der Waals surface area contributed by atoms with Gasteiger partial charge in [0.1, 0.15) is 11.8 Å². The van der Waals surface area contributed by atoms with Gasteiger partial charge in [-0.25, -0.2) is 15.0 Å². The van der Waals surface area contributed by atoms with Gasteiger partial charge >= 0.3 is 0 Å². The lowest BCUT2D eigenvalue weighted by Gasteiger charge is -2.05. The predicted octanol–water partition coefficient (Wildman–Crippen LogP) is 0.827. The Morgan fingerprint density at radius 2 is 2.29 bits per heavy atom. The van der Waals surface area contributed by atoms with Gasteiger partial charge in [0.05, 0.1) is 6.33 Å². The zero-order chi connectivity index (χ0) is 10.1. The summed E-state index contributed by atoms with van der Waals surface area (Å²) in [6.07, 6.45) is 3.10. The van der Waals surface area contributed by atoms with E-state index in [0.717, 1.165) is 5.65 Å². The largest absolute Gasteiger partial charge is 0.326 e. The maximum Gasteiger partial charge on any atom is 0.164 e. The Bertz CT molecular complexity index is 450. The van der Waals surface area contributed by atoms with E-state index < -0.39 is 0 Å². The van der Waals surface area contributed by atoms with Crippen LogP contribution in [0.4, 0.5) is 0 Å². The van der Waals surface area contributed by atoms with Crippen molar-refractivity contribution >= 4 is 22.8 Å². The molecule has 74 valence electrons. The number of imidazole rings is 1. The highest BCUT2D eigenvalue weighted by atomic mass is 35.5. The molecule has 0 unspecified atom stereocenters. The Balaban J connectivity index is 2.52. The number of halogens is 1. The first-order valence-corrected chi connectivity index (χ1v) is 4.63. The molecule has 0 aliphatic rings. The van der Waals surface area contributed by atoms with Crippen molar-refractivity contribution in [1.29, 1.82) is 0 Å². The lowest BCUT2D eigenvalue weighted by atomic mass is 10.3. The molecule has 0 aliphatic carbocycles. The first-order chi connectivity index (χ1) is 6.68. The number of rotatable bonds is 2. The normalized spacial score (nSPS) is 13.4. The van der Waals surface area contributed by atoms with Crippen molar-refractivity contribution in [2.24, 2.45) is 5.73 Å². The summed E-state index contributed by atoms with van der Waals surface area (Å²) in [6, 6.07) is 0.0566. The van der Waals surface area contributed by atoms with Crippen LogP contribution in [0.15, 0.2) is 12.7 Å². The summed E-state index contributed by atoms with van der Waals surface area (Å²) in [5, 5.41) is 0.374. The van der Waals surface area contributed by atoms with Crippen LogP contribution in [-0.2, 0) is 6.54 Å². The lowest BCUT2D eigenvalue weighted by molar-refractivity contribution is 0.598. The average molecular weight is 212 g/mol. The van der Waals surface area contributed by atoms with E-state index in [2.05, 4.69) is 15.0 Å². The van der Waals surface area contributed by atoms with Crippen molar-refractivity contribution in [1.82, 2.24) is 19.5 Å². The van der Waals surface area contributed by atoms with Gasteiger partial charge in [-0.05, 0) is 6.92 Å². The zero-order valence-corrected chi connectivity index (χ0v) is 8.44. The number of nitrogens with two attached hydrogens (primary N) is 1. The van der Waals surface area contributed by atoms with E-state index in [1.165, 1.54) is 6.33 Å². The summed E-state index contributed by atoms with van der Waals surface area (Å²) < 4.78 is 1.87. The van der Waals surface area contributed by atoms with Crippen LogP contribution in [0.1, 0.15) is 6.92 Å². The van der Waals surface area contributed by atoms with Gasteiger partial charge in [-0.2, -0.15) is 0 Å². The molecule has 2 aromatic heterocycles. The molecule has 0 saturated carbocycles. The lowest BCUT2D eigenvalue weighted by Crippen LogP contribution is -2.21. The highest BCUT2D eigenvalue weighted by Crippen LogP contribution is 2.16. The van der Waals surface area contributed by atoms with Gasteiger partial charge in [-0.15, -0.1) is 0 Å². The summed E-state index contributed by atoms with van der Waals surface area (Å²) in [7, 11) is 0. The minimum absolute atomic E-state index is 0.0566. The van der Waals surface area contributed by atoms with Crippen LogP contribution in [0.5, 0.6) is 0 Å². The van der Waals surface area contributed by atoms with E-state index in [9.17, 15) is 0 Å². The van der Waals surface area contributed by atoms with Crippen LogP contribution in [0.3, 0.4) is 0 Å². The van der Waals surface area contributed by atoms with Gasteiger partial charge in [0.15, 0.2) is 10.8 Å². The number of hydrogen-bond donors (Lipinski definition) is 1. The van der Waals surface area contributed by atoms with Gasteiger partial charge < -0.3 is 10.3 Å². The molecule has 0 fully saturated rings. The fourth-order valence-corrected chi connectivity index (χ4v) is 1.47. The monoisotopic (exact) mass is 211 g/mol. The second-order valence-corrected chi connectivity index (χ2v) is 3.57. The van der Waals surface area contributed by atoms with Crippen molar-refractivity contribution in [2.45, 2.75) is 19.5 Å². The second kappa shape index (κ2) is 3.51. The summed E-state index contributed by atoms with van der Waals surface area (Å²) in [5.41, 5.74) is 7.03. The Labute approximate surface area is 85.9 Å². The van der Waals surface area contributed by atoms with Crippen molar-refractivity contribution in [3.8, 4) is 0 Å². The third-order valence-corrected chi connectivity index (χ3v) is 2.12. The summed E-state index contributed by atoms with van der Waals surface area (Å²) >= 11 is 5.85. The van der Waals surface area contributed by atoms with E-state index in [4.69, 9.17) is 17.3 Å². The topological polar surface area (TPSA) is 69.6 Å². The highest BCUT2D eigenvalue weighted by molar-refractivity contribution is 6.33. The molecule has 0 bridgehead atoms. The van der Waals surface area contributed by atoms with E-state index >= 15 is 0 Å². The fraction of sp³-hybridized carbons (Fsp3) is 0.375. The van der Waals surface area contributed by atoms with E-state index in [-0.39, 0.29) is 6.04 Å². The molecule has 2 aromatic rings. The maximum atomic E-state index is 5.85. The van der Waals surface area contributed by atoms with Crippen molar-refractivity contribution in [3.63, 3.8) is 0 Å². The average Bonchev–Trinajstić information content (AvgIpc) is 2.49. The molecule has 14 heavy (non-hydrogen) atoms. The summed E-state index contributed by atoms with van der Waals surface area (Å²) in [6.45, 7) is 2.60. The van der Waals surface area contributed by atoms with Crippen LogP contribution in [-0.4, -0.2) is 25.6 Å². The van der Waals surface area contributed by atoms with Crippen LogP contribution in [0.25, 0.3) is 11.2 Å². The van der Waals surface area contributed by atoms with Gasteiger partial charge in [-0.3, -0.25) is 0 Å². The fourth-order valence-electron chi connectivity index (χ4n) is 1.30. The first-order valence-electron chi connectivity index (χ1n) is 4.25. The molecule has 1 atom stereocenters. The molecule has 0 spiro atoms. The smallest absolute Gasteiger partial charge is 0.164 e. The van der Waals surface area contributed by atoms with Gasteiger partial charge in [-0.1, -0.05) is 11.6 Å². The Morgan fingerprint density at radius 1 is 1.50 bits per heavy atom. The molecular weight excluding hydrogens is 202 g/mol. The molecule has 0 aliphatic heterocycles. The molecule has 2 N–H and O–H groups in total. The Morgan fingerprint density at radius 3 is 3.00 bits per heavy atom. The number of aromatic nitrogens is 4.